The van der Waals surface area contributed by atoms with Gasteiger partial charge in [0.2, 0.25) is 0 Å². The van der Waals surface area contributed by atoms with E-state index >= 15 is 0 Å². The minimum absolute atomic E-state index is 0.602. The second-order valence-electron chi connectivity index (χ2n) is 10.8. The second-order valence-corrected chi connectivity index (χ2v) is 10.8. The minimum atomic E-state index is 0.602. The standard InChI is InChI=1S/C40H26N4/c1-2-9-28(10-3-1)38-26-39(44-40(43-38)37-24-22-30-12-5-7-16-35(30)42-37)33-14-8-13-32(25-33)27-17-19-31(20-18-27)36-23-21-29-11-4-6-15-34(29)41-36/h1-26H. The van der Waals surface area contributed by atoms with Crippen LogP contribution in [-0.2, 0) is 0 Å². The highest BCUT2D eigenvalue weighted by Crippen LogP contribution is 2.31. The van der Waals surface area contributed by atoms with Crippen molar-refractivity contribution in [2.24, 2.45) is 0 Å². The van der Waals surface area contributed by atoms with Crippen LogP contribution in [0.15, 0.2) is 158 Å². The van der Waals surface area contributed by atoms with Crippen LogP contribution in [0.2, 0.25) is 0 Å². The molecular formula is C40H26N4. The van der Waals surface area contributed by atoms with Crippen LogP contribution < -0.4 is 0 Å². The van der Waals surface area contributed by atoms with Crippen molar-refractivity contribution in [2.45, 2.75) is 0 Å². The first-order valence-electron chi connectivity index (χ1n) is 14.6. The summed E-state index contributed by atoms with van der Waals surface area (Å²) in [6.45, 7) is 0. The molecule has 3 aromatic heterocycles. The fourth-order valence-corrected chi connectivity index (χ4v) is 5.58. The third-order valence-corrected chi connectivity index (χ3v) is 7.89. The maximum atomic E-state index is 5.04. The Balaban J connectivity index is 1.18. The van der Waals surface area contributed by atoms with E-state index in [1.165, 1.54) is 0 Å². The Hall–Kier alpha value is -6.00. The van der Waals surface area contributed by atoms with Gasteiger partial charge in [-0.25, -0.2) is 19.9 Å². The van der Waals surface area contributed by atoms with Crippen molar-refractivity contribution >= 4 is 21.8 Å². The Morgan fingerprint density at radius 3 is 1.52 bits per heavy atom. The van der Waals surface area contributed by atoms with Crippen LogP contribution in [0.4, 0.5) is 0 Å². The maximum Gasteiger partial charge on any atom is 0.179 e. The molecule has 3 heterocycles. The van der Waals surface area contributed by atoms with Crippen LogP contribution >= 0.6 is 0 Å². The van der Waals surface area contributed by atoms with Crippen LogP contribution in [0.25, 0.3) is 78.2 Å². The summed E-state index contributed by atoms with van der Waals surface area (Å²) in [4.78, 5) is 19.8. The normalized spacial score (nSPS) is 11.2. The number of para-hydroxylation sites is 2. The van der Waals surface area contributed by atoms with E-state index in [4.69, 9.17) is 19.9 Å². The SMILES string of the molecule is c1ccc(-c2cc(-c3cccc(-c4ccc(-c5ccc6ccccc6n5)cc4)c3)nc(-c3ccc4ccccc4n3)n2)cc1. The molecule has 0 N–H and O–H groups in total. The van der Waals surface area contributed by atoms with E-state index in [2.05, 4.69) is 103 Å². The molecule has 0 fully saturated rings. The summed E-state index contributed by atoms with van der Waals surface area (Å²) in [5.74, 6) is 0.602. The molecule has 0 aliphatic carbocycles. The second kappa shape index (κ2) is 11.0. The molecule has 0 spiro atoms. The number of aromatic nitrogens is 4. The van der Waals surface area contributed by atoms with Gasteiger partial charge in [0.25, 0.3) is 0 Å². The Labute approximate surface area is 255 Å². The number of benzene rings is 5. The van der Waals surface area contributed by atoms with Crippen molar-refractivity contribution in [1.29, 1.82) is 0 Å². The molecule has 8 rings (SSSR count). The van der Waals surface area contributed by atoms with Gasteiger partial charge in [-0.05, 0) is 47.5 Å². The van der Waals surface area contributed by atoms with Gasteiger partial charge in [0.15, 0.2) is 5.82 Å². The smallest absolute Gasteiger partial charge is 0.179 e. The molecule has 0 radical (unpaired) electrons. The van der Waals surface area contributed by atoms with Crippen LogP contribution in [0.3, 0.4) is 0 Å². The fourth-order valence-electron chi connectivity index (χ4n) is 5.58. The molecule has 4 nitrogen and oxygen atoms in total. The lowest BCUT2D eigenvalue weighted by atomic mass is 9.99. The van der Waals surface area contributed by atoms with Gasteiger partial charge >= 0.3 is 0 Å². The van der Waals surface area contributed by atoms with Gasteiger partial charge in [0.1, 0.15) is 5.69 Å². The number of hydrogen-bond acceptors (Lipinski definition) is 4. The first-order chi connectivity index (χ1) is 21.8. The van der Waals surface area contributed by atoms with Gasteiger partial charge in [-0.15, -0.1) is 0 Å². The average Bonchev–Trinajstić information content (AvgIpc) is 3.11. The summed E-state index contributed by atoms with van der Waals surface area (Å²) in [7, 11) is 0. The molecule has 206 valence electrons. The summed E-state index contributed by atoms with van der Waals surface area (Å²) >= 11 is 0. The predicted molar refractivity (Wildman–Crippen MR) is 180 cm³/mol. The van der Waals surface area contributed by atoms with Crippen molar-refractivity contribution in [3.05, 3.63) is 158 Å². The lowest BCUT2D eigenvalue weighted by Gasteiger charge is -2.11. The van der Waals surface area contributed by atoms with E-state index in [1.54, 1.807) is 0 Å². The Morgan fingerprint density at radius 2 is 0.795 bits per heavy atom. The highest BCUT2D eigenvalue weighted by Gasteiger charge is 2.13. The van der Waals surface area contributed by atoms with Crippen LogP contribution in [0, 0.1) is 0 Å². The van der Waals surface area contributed by atoms with E-state index in [-0.39, 0.29) is 0 Å². The number of pyridine rings is 2. The lowest BCUT2D eigenvalue weighted by molar-refractivity contribution is 1.16. The Bertz CT molecular complexity index is 2280. The molecule has 5 aromatic carbocycles. The first kappa shape index (κ1) is 25.7. The average molecular weight is 563 g/mol. The van der Waals surface area contributed by atoms with E-state index in [9.17, 15) is 0 Å². The van der Waals surface area contributed by atoms with E-state index in [0.29, 0.717) is 5.82 Å². The number of fused-ring (bicyclic) bond motifs is 2. The van der Waals surface area contributed by atoms with Gasteiger partial charge in [-0.2, -0.15) is 0 Å². The van der Waals surface area contributed by atoms with Crippen molar-refractivity contribution in [2.75, 3.05) is 0 Å². The van der Waals surface area contributed by atoms with Crippen LogP contribution in [0.1, 0.15) is 0 Å². The molecule has 44 heavy (non-hydrogen) atoms. The third-order valence-electron chi connectivity index (χ3n) is 7.89. The number of nitrogens with zero attached hydrogens (tertiary/aromatic N) is 4. The van der Waals surface area contributed by atoms with E-state index in [0.717, 1.165) is 72.4 Å². The molecule has 8 aromatic rings. The fraction of sp³-hybridized carbons (Fsp3) is 0. The molecule has 0 atom stereocenters. The van der Waals surface area contributed by atoms with E-state index in [1.807, 2.05) is 54.6 Å². The van der Waals surface area contributed by atoms with Crippen molar-refractivity contribution in [3.8, 4) is 56.4 Å². The minimum Gasteiger partial charge on any atom is -0.248 e. The van der Waals surface area contributed by atoms with E-state index < -0.39 is 0 Å². The maximum absolute atomic E-state index is 5.04. The summed E-state index contributed by atoms with van der Waals surface area (Å²) < 4.78 is 0. The van der Waals surface area contributed by atoms with Gasteiger partial charge in [0.05, 0.1) is 28.1 Å². The quantitative estimate of drug-likeness (QED) is 0.209. The Morgan fingerprint density at radius 1 is 0.273 bits per heavy atom. The lowest BCUT2D eigenvalue weighted by Crippen LogP contribution is -1.97. The van der Waals surface area contributed by atoms with Gasteiger partial charge in [0, 0.05) is 27.5 Å². The van der Waals surface area contributed by atoms with Crippen molar-refractivity contribution in [1.82, 2.24) is 19.9 Å². The molecule has 0 bridgehead atoms. The van der Waals surface area contributed by atoms with Crippen LogP contribution in [-0.4, -0.2) is 19.9 Å². The van der Waals surface area contributed by atoms with Crippen molar-refractivity contribution in [3.63, 3.8) is 0 Å². The Kier molecular flexibility index (Phi) is 6.43. The largest absolute Gasteiger partial charge is 0.248 e. The van der Waals surface area contributed by atoms with Crippen LogP contribution in [0.5, 0.6) is 0 Å². The van der Waals surface area contributed by atoms with Gasteiger partial charge in [-0.1, -0.05) is 121 Å². The molecule has 0 aliphatic rings. The molecule has 4 heteroatoms. The zero-order valence-electron chi connectivity index (χ0n) is 23.8. The topological polar surface area (TPSA) is 51.6 Å². The monoisotopic (exact) mass is 562 g/mol. The van der Waals surface area contributed by atoms with Crippen molar-refractivity contribution < 1.29 is 0 Å². The summed E-state index contributed by atoms with van der Waals surface area (Å²) in [5, 5.41) is 2.23. The number of rotatable bonds is 5. The summed E-state index contributed by atoms with van der Waals surface area (Å²) in [5.41, 5.74) is 10.7. The molecule has 0 saturated heterocycles. The molecule has 0 unspecified atom stereocenters. The zero-order valence-corrected chi connectivity index (χ0v) is 23.8. The highest BCUT2D eigenvalue weighted by molar-refractivity contribution is 5.83. The molecule has 0 aliphatic heterocycles. The summed E-state index contributed by atoms with van der Waals surface area (Å²) in [6.07, 6.45) is 0. The predicted octanol–water partition coefficient (Wildman–Crippen LogP) is 9.91. The number of hydrogen-bond donors (Lipinski definition) is 0. The molecular weight excluding hydrogens is 536 g/mol. The molecule has 0 saturated carbocycles. The molecule has 0 amide bonds. The zero-order chi connectivity index (χ0) is 29.3. The van der Waals surface area contributed by atoms with Gasteiger partial charge in [-0.3, -0.25) is 0 Å². The van der Waals surface area contributed by atoms with Gasteiger partial charge < -0.3 is 0 Å². The highest BCUT2D eigenvalue weighted by atomic mass is 14.9. The first-order valence-corrected chi connectivity index (χ1v) is 14.6. The summed E-state index contributed by atoms with van der Waals surface area (Å²) in [6, 6.07) is 54.0. The third kappa shape index (κ3) is 4.99.